The van der Waals surface area contributed by atoms with E-state index >= 15 is 0 Å². The molecule has 0 radical (unpaired) electrons. The minimum absolute atomic E-state index is 0.162. The highest BCUT2D eigenvalue weighted by molar-refractivity contribution is 5.94. The van der Waals surface area contributed by atoms with Crippen molar-refractivity contribution in [3.63, 3.8) is 0 Å². The van der Waals surface area contributed by atoms with Gasteiger partial charge in [0.1, 0.15) is 17.7 Å². The zero-order valence-electron chi connectivity index (χ0n) is 10.4. The molecule has 1 unspecified atom stereocenters. The van der Waals surface area contributed by atoms with Crippen LogP contribution in [0.4, 0.5) is 5.82 Å². The number of aliphatic hydroxyl groups excluding tert-OH is 1. The number of hydrogen-bond donors (Lipinski definition) is 1. The van der Waals surface area contributed by atoms with Gasteiger partial charge in [0.15, 0.2) is 0 Å². The van der Waals surface area contributed by atoms with Gasteiger partial charge in [-0.15, -0.1) is 0 Å². The van der Waals surface area contributed by atoms with Gasteiger partial charge in [0.05, 0.1) is 7.11 Å². The molecule has 1 saturated heterocycles. The number of ether oxygens (including phenoxy) is 1. The summed E-state index contributed by atoms with van der Waals surface area (Å²) in [7, 11) is 1.34. The van der Waals surface area contributed by atoms with Crippen molar-refractivity contribution >= 4 is 11.8 Å². The molecule has 0 aromatic carbocycles. The molecule has 1 aromatic heterocycles. The van der Waals surface area contributed by atoms with Gasteiger partial charge in [-0.2, -0.15) is 0 Å². The summed E-state index contributed by atoms with van der Waals surface area (Å²) >= 11 is 0. The normalized spacial score (nSPS) is 19.7. The molecule has 18 heavy (non-hydrogen) atoms. The average Bonchev–Trinajstić information content (AvgIpc) is 2.46. The summed E-state index contributed by atoms with van der Waals surface area (Å²) in [5.74, 6) is 0.394. The van der Waals surface area contributed by atoms with E-state index in [4.69, 9.17) is 4.74 Å². The van der Waals surface area contributed by atoms with Crippen molar-refractivity contribution in [3.8, 4) is 0 Å². The maximum Gasteiger partial charge on any atom is 0.343 e. The summed E-state index contributed by atoms with van der Waals surface area (Å²) in [6.45, 7) is 1.70. The van der Waals surface area contributed by atoms with Gasteiger partial charge in [0.25, 0.3) is 0 Å². The first-order chi connectivity index (χ1) is 8.76. The lowest BCUT2D eigenvalue weighted by Gasteiger charge is -2.33. The minimum Gasteiger partial charge on any atom is -0.465 e. The molecule has 0 spiro atoms. The largest absolute Gasteiger partial charge is 0.465 e. The maximum absolute atomic E-state index is 11.6. The molecule has 1 fully saturated rings. The molecule has 0 aliphatic carbocycles. The second-order valence-electron chi connectivity index (χ2n) is 4.39. The van der Waals surface area contributed by atoms with Crippen LogP contribution in [0.25, 0.3) is 0 Å². The fraction of sp³-hybridized carbons (Fsp3) is 0.583. The van der Waals surface area contributed by atoms with Gasteiger partial charge in [-0.3, -0.25) is 0 Å². The molecule has 6 nitrogen and oxygen atoms in total. The lowest BCUT2D eigenvalue weighted by molar-refractivity contribution is 0.0600. The Labute approximate surface area is 106 Å². The second-order valence-corrected chi connectivity index (χ2v) is 4.39. The van der Waals surface area contributed by atoms with Crippen LogP contribution in [0, 0.1) is 5.92 Å². The van der Waals surface area contributed by atoms with Gasteiger partial charge in [-0.05, 0) is 18.8 Å². The van der Waals surface area contributed by atoms with Crippen LogP contribution < -0.4 is 4.90 Å². The predicted octanol–water partition coefficient (Wildman–Crippen LogP) is 0.472. The Bertz CT molecular complexity index is 425. The van der Waals surface area contributed by atoms with Crippen LogP contribution in [-0.2, 0) is 4.74 Å². The summed E-state index contributed by atoms with van der Waals surface area (Å²) in [6, 6.07) is 0. The highest BCUT2D eigenvalue weighted by atomic mass is 16.5. The van der Waals surface area contributed by atoms with E-state index in [0.29, 0.717) is 17.9 Å². The Hall–Kier alpha value is -1.69. The number of methoxy groups -OCH3 is 1. The fourth-order valence-electron chi connectivity index (χ4n) is 2.24. The Morgan fingerprint density at radius 3 is 3.22 bits per heavy atom. The molecule has 2 heterocycles. The molecule has 0 bridgehead atoms. The van der Waals surface area contributed by atoms with Crippen LogP contribution in [0.5, 0.6) is 0 Å². The number of aromatic nitrogens is 2. The maximum atomic E-state index is 11.6. The molecular formula is C12H17N3O3. The quantitative estimate of drug-likeness (QED) is 0.787. The zero-order chi connectivity index (χ0) is 13.0. The van der Waals surface area contributed by atoms with E-state index in [1.54, 1.807) is 0 Å². The van der Waals surface area contributed by atoms with Crippen molar-refractivity contribution in [3.05, 3.63) is 18.1 Å². The molecule has 1 aliphatic rings. The molecule has 6 heteroatoms. The summed E-state index contributed by atoms with van der Waals surface area (Å²) < 4.78 is 4.73. The molecule has 0 saturated carbocycles. The third-order valence-electron chi connectivity index (χ3n) is 3.17. The zero-order valence-corrected chi connectivity index (χ0v) is 10.4. The van der Waals surface area contributed by atoms with Crippen molar-refractivity contribution in [2.24, 2.45) is 5.92 Å². The Balaban J connectivity index is 2.24. The third kappa shape index (κ3) is 2.59. The Kier molecular flexibility index (Phi) is 4.09. The topological polar surface area (TPSA) is 75.5 Å². The van der Waals surface area contributed by atoms with Gasteiger partial charge in [-0.1, -0.05) is 0 Å². The SMILES string of the molecule is COC(=O)c1cncnc1N1CCCC(CO)C1. The lowest BCUT2D eigenvalue weighted by atomic mass is 9.99. The summed E-state index contributed by atoms with van der Waals surface area (Å²) in [4.78, 5) is 21.7. The number of anilines is 1. The average molecular weight is 251 g/mol. The van der Waals surface area contributed by atoms with Crippen LogP contribution in [0.1, 0.15) is 23.2 Å². The van der Waals surface area contributed by atoms with E-state index in [9.17, 15) is 9.90 Å². The third-order valence-corrected chi connectivity index (χ3v) is 3.17. The van der Waals surface area contributed by atoms with Gasteiger partial charge in [0.2, 0.25) is 0 Å². The molecule has 1 aromatic rings. The molecule has 98 valence electrons. The van der Waals surface area contributed by atoms with E-state index in [1.807, 2.05) is 4.90 Å². The molecule has 1 atom stereocenters. The van der Waals surface area contributed by atoms with Crippen molar-refractivity contribution < 1.29 is 14.6 Å². The Morgan fingerprint density at radius 1 is 1.67 bits per heavy atom. The van der Waals surface area contributed by atoms with Crippen LogP contribution in [0.15, 0.2) is 12.5 Å². The van der Waals surface area contributed by atoms with Gasteiger partial charge in [-0.25, -0.2) is 14.8 Å². The number of esters is 1. The highest BCUT2D eigenvalue weighted by Gasteiger charge is 2.24. The van der Waals surface area contributed by atoms with Gasteiger partial charge < -0.3 is 14.7 Å². The summed E-state index contributed by atoms with van der Waals surface area (Å²) in [6.07, 6.45) is 4.88. The lowest BCUT2D eigenvalue weighted by Crippen LogP contribution is -2.38. The summed E-state index contributed by atoms with van der Waals surface area (Å²) in [5, 5.41) is 9.23. The Morgan fingerprint density at radius 2 is 2.50 bits per heavy atom. The van der Waals surface area contributed by atoms with Crippen molar-refractivity contribution in [1.29, 1.82) is 0 Å². The molecular weight excluding hydrogens is 234 g/mol. The number of aliphatic hydroxyl groups is 1. The number of piperidine rings is 1. The molecule has 2 rings (SSSR count). The number of hydrogen-bond acceptors (Lipinski definition) is 6. The van der Waals surface area contributed by atoms with Crippen LogP contribution in [0.2, 0.25) is 0 Å². The standard InChI is InChI=1S/C12H17N3O3/c1-18-12(17)10-5-13-8-14-11(10)15-4-2-3-9(6-15)7-16/h5,8-9,16H,2-4,6-7H2,1H3. The van der Waals surface area contributed by atoms with Crippen LogP contribution >= 0.6 is 0 Å². The number of carbonyl (C=O) groups excluding carboxylic acids is 1. The first-order valence-electron chi connectivity index (χ1n) is 6.00. The van der Waals surface area contributed by atoms with E-state index in [1.165, 1.54) is 19.6 Å². The van der Waals surface area contributed by atoms with E-state index in [2.05, 4.69) is 9.97 Å². The molecule has 1 N–H and O–H groups in total. The first kappa shape index (κ1) is 12.8. The first-order valence-corrected chi connectivity index (χ1v) is 6.00. The smallest absolute Gasteiger partial charge is 0.343 e. The van der Waals surface area contributed by atoms with Crippen LogP contribution in [-0.4, -0.2) is 47.8 Å². The number of nitrogens with zero attached hydrogens (tertiary/aromatic N) is 3. The van der Waals surface area contributed by atoms with E-state index < -0.39 is 5.97 Å². The minimum atomic E-state index is -0.434. The predicted molar refractivity (Wildman–Crippen MR) is 65.4 cm³/mol. The van der Waals surface area contributed by atoms with Crippen molar-refractivity contribution in [2.75, 3.05) is 31.7 Å². The molecule has 0 amide bonds. The van der Waals surface area contributed by atoms with Gasteiger partial charge >= 0.3 is 5.97 Å². The summed E-state index contributed by atoms with van der Waals surface area (Å²) in [5.41, 5.74) is 0.374. The second kappa shape index (κ2) is 5.77. The van der Waals surface area contributed by atoms with E-state index in [0.717, 1.165) is 19.4 Å². The monoisotopic (exact) mass is 251 g/mol. The number of carbonyl (C=O) groups is 1. The highest BCUT2D eigenvalue weighted by Crippen LogP contribution is 2.24. The van der Waals surface area contributed by atoms with Crippen molar-refractivity contribution in [1.82, 2.24) is 9.97 Å². The fourth-order valence-corrected chi connectivity index (χ4v) is 2.24. The van der Waals surface area contributed by atoms with Crippen molar-refractivity contribution in [2.45, 2.75) is 12.8 Å². The number of rotatable bonds is 3. The molecule has 1 aliphatic heterocycles. The van der Waals surface area contributed by atoms with Gasteiger partial charge in [0, 0.05) is 25.9 Å². The van der Waals surface area contributed by atoms with Crippen LogP contribution in [0.3, 0.4) is 0 Å². The van der Waals surface area contributed by atoms with E-state index in [-0.39, 0.29) is 12.5 Å².